The molecular weight excluding hydrogens is 254 g/mol. The van der Waals surface area contributed by atoms with Crippen LogP contribution in [-0.2, 0) is 14.3 Å². The van der Waals surface area contributed by atoms with Crippen LogP contribution in [0.15, 0.2) is 12.2 Å². The standard InChI is InChI=1S/C16H25NO3/c1-12(2)16(8-6-14(18)7-9-16)15(19)17-10-4-5-13(17)11-20-3/h6,8,12-13H,4-5,7,9-11H2,1-3H3/t13-,16+/m0/s1. The lowest BCUT2D eigenvalue weighted by Gasteiger charge is -2.40. The van der Waals surface area contributed by atoms with Gasteiger partial charge in [-0.25, -0.2) is 0 Å². The Morgan fingerprint density at radius 3 is 2.85 bits per heavy atom. The molecule has 0 radical (unpaired) electrons. The third-order valence-electron chi connectivity index (χ3n) is 4.78. The molecule has 0 aromatic carbocycles. The van der Waals surface area contributed by atoms with E-state index in [4.69, 9.17) is 4.74 Å². The highest BCUT2D eigenvalue weighted by atomic mass is 16.5. The van der Waals surface area contributed by atoms with E-state index in [9.17, 15) is 9.59 Å². The molecule has 1 saturated heterocycles. The van der Waals surface area contributed by atoms with Crippen molar-refractivity contribution in [3.63, 3.8) is 0 Å². The first-order chi connectivity index (χ1) is 9.51. The van der Waals surface area contributed by atoms with Crippen LogP contribution < -0.4 is 0 Å². The summed E-state index contributed by atoms with van der Waals surface area (Å²) in [6.45, 7) is 5.55. The van der Waals surface area contributed by atoms with Crippen LogP contribution in [0.1, 0.15) is 39.5 Å². The largest absolute Gasteiger partial charge is 0.383 e. The van der Waals surface area contributed by atoms with Gasteiger partial charge in [0.15, 0.2) is 5.78 Å². The van der Waals surface area contributed by atoms with Gasteiger partial charge in [0.25, 0.3) is 0 Å². The molecule has 1 fully saturated rings. The normalized spacial score (nSPS) is 30.3. The van der Waals surface area contributed by atoms with Crippen molar-refractivity contribution in [2.75, 3.05) is 20.3 Å². The SMILES string of the molecule is COC[C@@H]1CCCN1C(=O)[C@]1(C(C)C)C=CC(=O)CC1. The van der Waals surface area contributed by atoms with Gasteiger partial charge in [-0.2, -0.15) is 0 Å². The van der Waals surface area contributed by atoms with Crippen molar-refractivity contribution in [2.24, 2.45) is 11.3 Å². The Morgan fingerprint density at radius 2 is 2.30 bits per heavy atom. The molecule has 1 aliphatic heterocycles. The molecule has 2 atom stereocenters. The first-order valence-electron chi connectivity index (χ1n) is 7.53. The second kappa shape index (κ2) is 6.08. The lowest BCUT2D eigenvalue weighted by molar-refractivity contribution is -0.144. The van der Waals surface area contributed by atoms with E-state index >= 15 is 0 Å². The van der Waals surface area contributed by atoms with Crippen molar-refractivity contribution < 1.29 is 14.3 Å². The minimum Gasteiger partial charge on any atom is -0.383 e. The van der Waals surface area contributed by atoms with Crippen molar-refractivity contribution in [3.8, 4) is 0 Å². The highest BCUT2D eigenvalue weighted by Crippen LogP contribution is 2.40. The fourth-order valence-electron chi connectivity index (χ4n) is 3.38. The monoisotopic (exact) mass is 279 g/mol. The van der Waals surface area contributed by atoms with Gasteiger partial charge in [-0.3, -0.25) is 9.59 Å². The molecule has 1 amide bonds. The molecule has 20 heavy (non-hydrogen) atoms. The highest BCUT2D eigenvalue weighted by molar-refractivity contribution is 5.95. The van der Waals surface area contributed by atoms with E-state index < -0.39 is 5.41 Å². The van der Waals surface area contributed by atoms with Gasteiger partial charge in [-0.15, -0.1) is 0 Å². The Morgan fingerprint density at radius 1 is 1.55 bits per heavy atom. The molecule has 2 aliphatic rings. The van der Waals surface area contributed by atoms with Crippen molar-refractivity contribution in [2.45, 2.75) is 45.6 Å². The van der Waals surface area contributed by atoms with Crippen LogP contribution >= 0.6 is 0 Å². The fraction of sp³-hybridized carbons (Fsp3) is 0.750. The van der Waals surface area contributed by atoms with E-state index in [1.807, 2.05) is 11.0 Å². The molecule has 4 nitrogen and oxygen atoms in total. The molecule has 2 rings (SSSR count). The predicted molar refractivity (Wildman–Crippen MR) is 77.3 cm³/mol. The van der Waals surface area contributed by atoms with E-state index in [1.54, 1.807) is 13.2 Å². The maximum absolute atomic E-state index is 13.1. The van der Waals surface area contributed by atoms with Gasteiger partial charge in [-0.1, -0.05) is 19.9 Å². The van der Waals surface area contributed by atoms with E-state index in [0.29, 0.717) is 19.4 Å². The summed E-state index contributed by atoms with van der Waals surface area (Å²) in [6, 6.07) is 0.189. The third-order valence-corrected chi connectivity index (χ3v) is 4.78. The zero-order chi connectivity index (χ0) is 14.8. The zero-order valence-electron chi connectivity index (χ0n) is 12.7. The molecule has 4 heteroatoms. The number of amides is 1. The molecule has 1 aliphatic carbocycles. The summed E-state index contributed by atoms with van der Waals surface area (Å²) in [6.07, 6.45) is 6.61. The van der Waals surface area contributed by atoms with Crippen LogP contribution in [0.5, 0.6) is 0 Å². The van der Waals surface area contributed by atoms with E-state index in [2.05, 4.69) is 13.8 Å². The first kappa shape index (κ1) is 15.2. The number of nitrogens with zero attached hydrogens (tertiary/aromatic N) is 1. The second-order valence-corrected chi connectivity index (χ2v) is 6.24. The number of methoxy groups -OCH3 is 1. The number of ether oxygens (including phenoxy) is 1. The predicted octanol–water partition coefficient (Wildman–Crippen LogP) is 2.19. The van der Waals surface area contributed by atoms with Crippen LogP contribution in [-0.4, -0.2) is 42.9 Å². The molecule has 0 N–H and O–H groups in total. The van der Waals surface area contributed by atoms with Gasteiger partial charge in [0.2, 0.25) is 5.91 Å². The Labute approximate surface area is 121 Å². The molecule has 112 valence electrons. The molecule has 0 bridgehead atoms. The van der Waals surface area contributed by atoms with Crippen LogP contribution in [0.2, 0.25) is 0 Å². The van der Waals surface area contributed by atoms with Crippen molar-refractivity contribution >= 4 is 11.7 Å². The van der Waals surface area contributed by atoms with Gasteiger partial charge in [0.1, 0.15) is 0 Å². The average molecular weight is 279 g/mol. The molecule has 1 heterocycles. The number of likely N-dealkylation sites (tertiary alicyclic amines) is 1. The Kier molecular flexibility index (Phi) is 4.63. The smallest absolute Gasteiger partial charge is 0.233 e. The minimum absolute atomic E-state index is 0.129. The van der Waals surface area contributed by atoms with Gasteiger partial charge in [0, 0.05) is 20.1 Å². The number of rotatable bonds is 4. The summed E-state index contributed by atoms with van der Waals surface area (Å²) < 4.78 is 5.24. The number of allylic oxidation sites excluding steroid dienone is 1. The van der Waals surface area contributed by atoms with E-state index in [1.165, 1.54) is 0 Å². The molecule has 0 aromatic rings. The van der Waals surface area contributed by atoms with Gasteiger partial charge in [-0.05, 0) is 31.3 Å². The first-order valence-corrected chi connectivity index (χ1v) is 7.53. The quantitative estimate of drug-likeness (QED) is 0.792. The average Bonchev–Trinajstić information content (AvgIpc) is 2.87. The number of carbonyl (C=O) groups excluding carboxylic acids is 2. The minimum atomic E-state index is -0.510. The Bertz CT molecular complexity index is 416. The topological polar surface area (TPSA) is 46.6 Å². The maximum atomic E-state index is 13.1. The van der Waals surface area contributed by atoms with Gasteiger partial charge >= 0.3 is 0 Å². The van der Waals surface area contributed by atoms with Crippen LogP contribution in [0.3, 0.4) is 0 Å². The summed E-state index contributed by atoms with van der Waals surface area (Å²) in [7, 11) is 1.68. The molecule has 0 aromatic heterocycles. The molecule has 0 saturated carbocycles. The third kappa shape index (κ3) is 2.66. The number of hydrogen-bond donors (Lipinski definition) is 0. The Hall–Kier alpha value is -1.16. The van der Waals surface area contributed by atoms with Gasteiger partial charge < -0.3 is 9.64 Å². The highest BCUT2D eigenvalue weighted by Gasteiger charge is 2.45. The molecular formula is C16H25NO3. The summed E-state index contributed by atoms with van der Waals surface area (Å²) in [5.41, 5.74) is -0.510. The molecule has 0 spiro atoms. The maximum Gasteiger partial charge on any atom is 0.233 e. The van der Waals surface area contributed by atoms with Crippen molar-refractivity contribution in [1.29, 1.82) is 0 Å². The van der Waals surface area contributed by atoms with Crippen LogP contribution in [0.25, 0.3) is 0 Å². The van der Waals surface area contributed by atoms with Gasteiger partial charge in [0.05, 0.1) is 18.1 Å². The number of ketones is 1. The number of hydrogen-bond acceptors (Lipinski definition) is 3. The fourth-order valence-corrected chi connectivity index (χ4v) is 3.38. The van der Waals surface area contributed by atoms with Crippen molar-refractivity contribution in [3.05, 3.63) is 12.2 Å². The summed E-state index contributed by atoms with van der Waals surface area (Å²) in [5.74, 6) is 0.503. The number of carbonyl (C=O) groups is 2. The summed E-state index contributed by atoms with van der Waals surface area (Å²) >= 11 is 0. The lowest BCUT2D eigenvalue weighted by Crippen LogP contribution is -2.49. The van der Waals surface area contributed by atoms with E-state index in [0.717, 1.165) is 19.4 Å². The zero-order valence-corrected chi connectivity index (χ0v) is 12.7. The van der Waals surface area contributed by atoms with Crippen molar-refractivity contribution in [1.82, 2.24) is 4.90 Å². The summed E-state index contributed by atoms with van der Waals surface area (Å²) in [5, 5.41) is 0. The second-order valence-electron chi connectivity index (χ2n) is 6.24. The van der Waals surface area contributed by atoms with E-state index in [-0.39, 0.29) is 23.7 Å². The lowest BCUT2D eigenvalue weighted by atomic mass is 9.69. The summed E-state index contributed by atoms with van der Waals surface area (Å²) in [4.78, 5) is 26.5. The van der Waals surface area contributed by atoms with Crippen LogP contribution in [0, 0.1) is 11.3 Å². The Balaban J connectivity index is 2.24. The molecule has 0 unspecified atom stereocenters. The van der Waals surface area contributed by atoms with Crippen LogP contribution in [0.4, 0.5) is 0 Å².